The quantitative estimate of drug-likeness (QED) is 0.708. The molecule has 0 radical (unpaired) electrons. The maximum Gasteiger partial charge on any atom is 0.288 e. The van der Waals surface area contributed by atoms with E-state index in [-0.39, 0.29) is 12.1 Å². The first-order valence-electron chi connectivity index (χ1n) is 7.32. The van der Waals surface area contributed by atoms with Gasteiger partial charge in [-0.3, -0.25) is 14.2 Å². The lowest BCUT2D eigenvalue weighted by molar-refractivity contribution is -0.116. The number of anilines is 1. The Morgan fingerprint density at radius 1 is 1.16 bits per heavy atom. The molecule has 0 saturated heterocycles. The first-order chi connectivity index (χ1) is 12.0. The minimum absolute atomic E-state index is 0.171. The largest absolute Gasteiger partial charge is 0.325 e. The first kappa shape index (κ1) is 17.1. The maximum absolute atomic E-state index is 12.3. The van der Waals surface area contributed by atoms with E-state index in [0.717, 1.165) is 0 Å². The lowest BCUT2D eigenvalue weighted by Gasteiger charge is -2.10. The fourth-order valence-electron chi connectivity index (χ4n) is 2.34. The van der Waals surface area contributed by atoms with Gasteiger partial charge in [-0.25, -0.2) is 4.98 Å². The van der Waals surface area contributed by atoms with E-state index in [2.05, 4.69) is 10.3 Å². The third kappa shape index (κ3) is 4.21. The van der Waals surface area contributed by atoms with Gasteiger partial charge in [0.1, 0.15) is 6.54 Å². The number of nitrogens with one attached hydrogen (secondary N) is 1. The molecule has 0 atom stereocenters. The van der Waals surface area contributed by atoms with Crippen LogP contribution in [0.25, 0.3) is 11.0 Å². The molecular formula is C17H13F2N3O2S. The molecule has 8 heteroatoms. The van der Waals surface area contributed by atoms with Crippen molar-refractivity contribution >= 4 is 34.4 Å². The van der Waals surface area contributed by atoms with Crippen molar-refractivity contribution < 1.29 is 13.6 Å². The van der Waals surface area contributed by atoms with E-state index >= 15 is 0 Å². The van der Waals surface area contributed by atoms with Gasteiger partial charge in [-0.1, -0.05) is 23.9 Å². The van der Waals surface area contributed by atoms with Crippen LogP contribution in [-0.4, -0.2) is 21.2 Å². The van der Waals surface area contributed by atoms with Crippen LogP contribution in [-0.2, 0) is 11.3 Å². The van der Waals surface area contributed by atoms with Crippen LogP contribution in [0.1, 0.15) is 0 Å². The van der Waals surface area contributed by atoms with E-state index in [1.54, 1.807) is 24.3 Å². The number of para-hydroxylation sites is 2. The van der Waals surface area contributed by atoms with Crippen molar-refractivity contribution in [2.24, 2.45) is 0 Å². The topological polar surface area (TPSA) is 64.0 Å². The number of halogens is 2. The fraction of sp³-hybridized carbons (Fsp3) is 0.118. The highest BCUT2D eigenvalue weighted by atomic mass is 32.2. The number of benzene rings is 2. The molecule has 0 aliphatic heterocycles. The highest BCUT2D eigenvalue weighted by Gasteiger charge is 2.10. The molecule has 0 aliphatic carbocycles. The molecule has 0 aliphatic rings. The molecule has 25 heavy (non-hydrogen) atoms. The van der Waals surface area contributed by atoms with Crippen molar-refractivity contribution in [3.05, 3.63) is 65.1 Å². The maximum atomic E-state index is 12.3. The number of fused-ring (bicyclic) bond motifs is 1. The number of carbonyl (C=O) groups excluding carboxylic acids is 1. The molecule has 128 valence electrons. The zero-order chi connectivity index (χ0) is 17.8. The van der Waals surface area contributed by atoms with Crippen molar-refractivity contribution in [1.29, 1.82) is 0 Å². The molecule has 0 fully saturated rings. The van der Waals surface area contributed by atoms with Gasteiger partial charge in [0.2, 0.25) is 5.91 Å². The van der Waals surface area contributed by atoms with Gasteiger partial charge in [0.15, 0.2) is 0 Å². The number of rotatable bonds is 5. The normalized spacial score (nSPS) is 11.0. The number of alkyl halides is 2. The van der Waals surface area contributed by atoms with Crippen LogP contribution in [0.4, 0.5) is 14.5 Å². The first-order valence-corrected chi connectivity index (χ1v) is 8.20. The Bertz CT molecular complexity index is 958. The summed E-state index contributed by atoms with van der Waals surface area (Å²) >= 11 is 0.434. The highest BCUT2D eigenvalue weighted by molar-refractivity contribution is 7.99. The van der Waals surface area contributed by atoms with Crippen molar-refractivity contribution in [3.8, 4) is 0 Å². The van der Waals surface area contributed by atoms with E-state index in [0.29, 0.717) is 33.4 Å². The zero-order valence-corrected chi connectivity index (χ0v) is 13.7. The SMILES string of the molecule is O=C(Cn1c(=O)cnc2ccccc21)Nc1ccc(SC(F)F)cc1. The predicted molar refractivity (Wildman–Crippen MR) is 92.9 cm³/mol. The molecule has 3 rings (SSSR count). The molecule has 0 saturated carbocycles. The molecular weight excluding hydrogens is 348 g/mol. The molecule has 3 aromatic rings. The van der Waals surface area contributed by atoms with Gasteiger partial charge in [-0.05, 0) is 36.4 Å². The minimum atomic E-state index is -2.49. The Labute approximate surface area is 145 Å². The Kier molecular flexibility index (Phi) is 5.08. The summed E-state index contributed by atoms with van der Waals surface area (Å²) in [5.74, 6) is -2.89. The van der Waals surface area contributed by atoms with Gasteiger partial charge in [-0.2, -0.15) is 8.78 Å². The Balaban J connectivity index is 1.75. The van der Waals surface area contributed by atoms with E-state index in [9.17, 15) is 18.4 Å². The number of thioether (sulfide) groups is 1. The monoisotopic (exact) mass is 361 g/mol. The number of hydrogen-bond donors (Lipinski definition) is 1. The molecule has 0 spiro atoms. The number of aromatic nitrogens is 2. The van der Waals surface area contributed by atoms with Gasteiger partial charge < -0.3 is 5.32 Å². The summed E-state index contributed by atoms with van der Waals surface area (Å²) in [5, 5.41) is 2.65. The number of carbonyl (C=O) groups is 1. The summed E-state index contributed by atoms with van der Waals surface area (Å²) in [5.41, 5.74) is 1.27. The van der Waals surface area contributed by atoms with Crippen LogP contribution in [0.2, 0.25) is 0 Å². The summed E-state index contributed by atoms with van der Waals surface area (Å²) in [6.45, 7) is -0.171. The summed E-state index contributed by atoms with van der Waals surface area (Å²) < 4.78 is 25.9. The predicted octanol–water partition coefficient (Wildman–Crippen LogP) is 3.35. The molecule has 5 nitrogen and oxygen atoms in total. The van der Waals surface area contributed by atoms with E-state index in [4.69, 9.17) is 0 Å². The molecule has 0 bridgehead atoms. The molecule has 0 unspecified atom stereocenters. The van der Waals surface area contributed by atoms with Gasteiger partial charge in [0.25, 0.3) is 11.3 Å². The van der Waals surface area contributed by atoms with Crippen LogP contribution in [0.15, 0.2) is 64.4 Å². The van der Waals surface area contributed by atoms with Crippen LogP contribution >= 0.6 is 11.8 Å². The van der Waals surface area contributed by atoms with Crippen LogP contribution < -0.4 is 10.9 Å². The molecule has 1 amide bonds. The van der Waals surface area contributed by atoms with Gasteiger partial charge in [0.05, 0.1) is 17.2 Å². The molecule has 1 heterocycles. The second kappa shape index (κ2) is 7.43. The van der Waals surface area contributed by atoms with Crippen molar-refractivity contribution in [3.63, 3.8) is 0 Å². The lowest BCUT2D eigenvalue weighted by atomic mass is 10.3. The van der Waals surface area contributed by atoms with E-state index in [1.807, 2.05) is 0 Å². The summed E-state index contributed by atoms with van der Waals surface area (Å²) in [4.78, 5) is 28.7. The van der Waals surface area contributed by atoms with Crippen molar-refractivity contribution in [1.82, 2.24) is 9.55 Å². The van der Waals surface area contributed by atoms with E-state index in [1.165, 1.54) is 35.0 Å². The van der Waals surface area contributed by atoms with E-state index < -0.39 is 11.7 Å². The van der Waals surface area contributed by atoms with Crippen molar-refractivity contribution in [2.75, 3.05) is 5.32 Å². The van der Waals surface area contributed by atoms with Crippen LogP contribution in [0.3, 0.4) is 0 Å². The molecule has 2 aromatic carbocycles. The molecule has 1 N–H and O–H groups in total. The fourth-order valence-corrected chi connectivity index (χ4v) is 2.84. The third-order valence-corrected chi connectivity index (χ3v) is 4.14. The average molecular weight is 361 g/mol. The van der Waals surface area contributed by atoms with Crippen molar-refractivity contribution in [2.45, 2.75) is 17.2 Å². The Morgan fingerprint density at radius 2 is 1.88 bits per heavy atom. The van der Waals surface area contributed by atoms with Crippen LogP contribution in [0, 0.1) is 0 Å². The summed E-state index contributed by atoms with van der Waals surface area (Å²) in [6, 6.07) is 13.1. The standard InChI is InChI=1S/C17H13F2N3O2S/c18-17(19)25-12-7-5-11(6-8-12)21-15(23)10-22-14-4-2-1-3-13(14)20-9-16(22)24/h1-9,17H,10H2,(H,21,23). The third-order valence-electron chi connectivity index (χ3n) is 3.42. The second-order valence-electron chi connectivity index (χ2n) is 5.12. The summed E-state index contributed by atoms with van der Waals surface area (Å²) in [7, 11) is 0. The van der Waals surface area contributed by atoms with Gasteiger partial charge in [0, 0.05) is 10.6 Å². The Hall–Kier alpha value is -2.74. The van der Waals surface area contributed by atoms with Crippen LogP contribution in [0.5, 0.6) is 0 Å². The second-order valence-corrected chi connectivity index (χ2v) is 6.19. The Morgan fingerprint density at radius 3 is 2.60 bits per heavy atom. The lowest BCUT2D eigenvalue weighted by Crippen LogP contribution is -2.27. The smallest absolute Gasteiger partial charge is 0.288 e. The summed E-state index contributed by atoms with van der Waals surface area (Å²) in [6.07, 6.45) is 1.17. The molecule has 1 aromatic heterocycles. The zero-order valence-electron chi connectivity index (χ0n) is 12.9. The van der Waals surface area contributed by atoms with Gasteiger partial charge in [-0.15, -0.1) is 0 Å². The minimum Gasteiger partial charge on any atom is -0.325 e. The number of hydrogen-bond acceptors (Lipinski definition) is 4. The number of nitrogens with zero attached hydrogens (tertiary/aromatic N) is 2. The average Bonchev–Trinajstić information content (AvgIpc) is 2.59. The number of amides is 1. The highest BCUT2D eigenvalue weighted by Crippen LogP contribution is 2.26. The van der Waals surface area contributed by atoms with Gasteiger partial charge >= 0.3 is 0 Å².